The van der Waals surface area contributed by atoms with Crippen LogP contribution < -0.4 is 11.1 Å². The van der Waals surface area contributed by atoms with Gasteiger partial charge in [-0.2, -0.15) is 11.8 Å². The molecule has 1 heterocycles. The summed E-state index contributed by atoms with van der Waals surface area (Å²) in [6.45, 7) is 0.634. The van der Waals surface area contributed by atoms with Crippen molar-refractivity contribution in [3.8, 4) is 0 Å². The van der Waals surface area contributed by atoms with Crippen molar-refractivity contribution in [2.45, 2.75) is 18.9 Å². The summed E-state index contributed by atoms with van der Waals surface area (Å²) in [4.78, 5) is 11.4. The fraction of sp³-hybridized carbons (Fsp3) is 0.889. The van der Waals surface area contributed by atoms with E-state index in [2.05, 4.69) is 5.32 Å². The van der Waals surface area contributed by atoms with Gasteiger partial charge in [0.1, 0.15) is 0 Å². The van der Waals surface area contributed by atoms with Crippen LogP contribution in [-0.2, 0) is 14.6 Å². The second-order valence-corrected chi connectivity index (χ2v) is 7.20. The average Bonchev–Trinajstić information content (AvgIpc) is 2.53. The summed E-state index contributed by atoms with van der Waals surface area (Å²) < 4.78 is 22.3. The van der Waals surface area contributed by atoms with Crippen molar-refractivity contribution in [1.82, 2.24) is 5.32 Å². The maximum Gasteiger partial charge on any atom is 0.230 e. The minimum atomic E-state index is -2.91. The first-order valence-electron chi connectivity index (χ1n) is 5.31. The van der Waals surface area contributed by atoms with Gasteiger partial charge in [0.25, 0.3) is 0 Å². The highest BCUT2D eigenvalue weighted by Crippen LogP contribution is 2.11. The molecule has 7 heteroatoms. The Labute approximate surface area is 100 Å². The van der Waals surface area contributed by atoms with E-state index < -0.39 is 9.84 Å². The van der Waals surface area contributed by atoms with E-state index in [1.54, 1.807) is 0 Å². The predicted octanol–water partition coefficient (Wildman–Crippen LogP) is -0.628. The van der Waals surface area contributed by atoms with Crippen LogP contribution in [0.1, 0.15) is 12.8 Å². The number of carbonyl (C=O) groups is 1. The molecule has 94 valence electrons. The Morgan fingerprint density at radius 3 is 2.81 bits per heavy atom. The molecule has 3 N–H and O–H groups in total. The lowest BCUT2D eigenvalue weighted by Gasteiger charge is -2.10. The molecular formula is C9H18N2O3S2. The van der Waals surface area contributed by atoms with E-state index in [9.17, 15) is 13.2 Å². The number of thioether (sulfide) groups is 1. The number of hydrogen-bond donors (Lipinski definition) is 2. The molecule has 0 aromatic heterocycles. The molecule has 1 atom stereocenters. The van der Waals surface area contributed by atoms with Gasteiger partial charge in [0.05, 0.1) is 17.3 Å². The van der Waals surface area contributed by atoms with Crippen LogP contribution in [0.5, 0.6) is 0 Å². The standard InChI is InChI=1S/C9H18N2O3S2/c10-3-1-4-15-6-9(12)11-8-2-5-16(13,14)7-8/h8H,1-7,10H2,(H,11,12). The Balaban J connectivity index is 2.15. The van der Waals surface area contributed by atoms with Crippen LogP contribution in [0.25, 0.3) is 0 Å². The van der Waals surface area contributed by atoms with Crippen molar-refractivity contribution < 1.29 is 13.2 Å². The van der Waals surface area contributed by atoms with Crippen LogP contribution in [0.2, 0.25) is 0 Å². The fourth-order valence-corrected chi connectivity index (χ4v) is 3.99. The van der Waals surface area contributed by atoms with E-state index in [1.807, 2.05) is 0 Å². The molecule has 16 heavy (non-hydrogen) atoms. The zero-order valence-electron chi connectivity index (χ0n) is 9.15. The molecule has 0 radical (unpaired) electrons. The normalized spacial score (nSPS) is 23.2. The number of sulfone groups is 1. The van der Waals surface area contributed by atoms with Crippen LogP contribution in [0.3, 0.4) is 0 Å². The lowest BCUT2D eigenvalue weighted by atomic mass is 10.3. The van der Waals surface area contributed by atoms with Gasteiger partial charge in [0, 0.05) is 6.04 Å². The molecule has 0 aromatic rings. The molecule has 5 nitrogen and oxygen atoms in total. The van der Waals surface area contributed by atoms with Gasteiger partial charge in [0.2, 0.25) is 5.91 Å². The summed E-state index contributed by atoms with van der Waals surface area (Å²) in [7, 11) is -2.91. The number of carbonyl (C=O) groups excluding carboxylic acids is 1. The smallest absolute Gasteiger partial charge is 0.230 e. The highest BCUT2D eigenvalue weighted by molar-refractivity contribution is 7.99. The SMILES string of the molecule is NCCCSCC(=O)NC1CCS(=O)(=O)C1. The largest absolute Gasteiger partial charge is 0.352 e. The van der Waals surface area contributed by atoms with Crippen LogP contribution in [0.4, 0.5) is 0 Å². The molecule has 1 aliphatic rings. The molecule has 0 aromatic carbocycles. The predicted molar refractivity (Wildman–Crippen MR) is 66.2 cm³/mol. The van der Waals surface area contributed by atoms with E-state index in [0.29, 0.717) is 18.7 Å². The zero-order chi connectivity index (χ0) is 12.0. The third kappa shape index (κ3) is 5.18. The summed E-state index contributed by atoms with van der Waals surface area (Å²) in [6.07, 6.45) is 1.44. The zero-order valence-corrected chi connectivity index (χ0v) is 10.8. The molecule has 1 amide bonds. The summed E-state index contributed by atoms with van der Waals surface area (Å²) in [5, 5.41) is 2.74. The maximum absolute atomic E-state index is 11.4. The quantitative estimate of drug-likeness (QED) is 0.625. The Morgan fingerprint density at radius 2 is 2.25 bits per heavy atom. The molecule has 1 rings (SSSR count). The summed E-state index contributed by atoms with van der Waals surface area (Å²) >= 11 is 1.53. The molecule has 1 fully saturated rings. The van der Waals surface area contributed by atoms with Crippen LogP contribution >= 0.6 is 11.8 Å². The first-order chi connectivity index (χ1) is 7.53. The number of amides is 1. The van der Waals surface area contributed by atoms with Gasteiger partial charge in [-0.3, -0.25) is 4.79 Å². The average molecular weight is 266 g/mol. The Hall–Kier alpha value is -0.270. The molecule has 0 aliphatic carbocycles. The third-order valence-corrected chi connectivity index (χ3v) is 5.14. The van der Waals surface area contributed by atoms with Gasteiger partial charge >= 0.3 is 0 Å². The molecule has 0 spiro atoms. The number of nitrogens with one attached hydrogen (secondary N) is 1. The lowest BCUT2D eigenvalue weighted by molar-refractivity contribution is -0.119. The van der Waals surface area contributed by atoms with E-state index in [-0.39, 0.29) is 23.5 Å². The number of nitrogens with two attached hydrogens (primary N) is 1. The van der Waals surface area contributed by atoms with Gasteiger partial charge in [-0.1, -0.05) is 0 Å². The molecule has 1 unspecified atom stereocenters. The van der Waals surface area contributed by atoms with Gasteiger partial charge < -0.3 is 11.1 Å². The summed E-state index contributed by atoms with van der Waals surface area (Å²) in [5.74, 6) is 1.46. The summed E-state index contributed by atoms with van der Waals surface area (Å²) in [6, 6.07) is -0.187. The van der Waals surface area contributed by atoms with Crippen molar-refractivity contribution in [1.29, 1.82) is 0 Å². The molecule has 1 saturated heterocycles. The van der Waals surface area contributed by atoms with Gasteiger partial charge in [-0.05, 0) is 25.1 Å². The van der Waals surface area contributed by atoms with E-state index in [4.69, 9.17) is 5.73 Å². The van der Waals surface area contributed by atoms with Crippen LogP contribution in [0, 0.1) is 0 Å². The van der Waals surface area contributed by atoms with E-state index in [0.717, 1.165) is 12.2 Å². The molecule has 0 bridgehead atoms. The second kappa shape index (κ2) is 6.46. The van der Waals surface area contributed by atoms with Gasteiger partial charge in [0.15, 0.2) is 9.84 Å². The highest BCUT2D eigenvalue weighted by atomic mass is 32.2. The van der Waals surface area contributed by atoms with Crippen molar-refractivity contribution >= 4 is 27.5 Å². The van der Waals surface area contributed by atoms with Gasteiger partial charge in [-0.25, -0.2) is 8.42 Å². The monoisotopic (exact) mass is 266 g/mol. The maximum atomic E-state index is 11.4. The van der Waals surface area contributed by atoms with Crippen LogP contribution in [-0.4, -0.2) is 49.9 Å². The number of hydrogen-bond acceptors (Lipinski definition) is 5. The van der Waals surface area contributed by atoms with Crippen molar-refractivity contribution in [3.05, 3.63) is 0 Å². The summed E-state index contributed by atoms with van der Waals surface area (Å²) in [5.41, 5.74) is 5.33. The topological polar surface area (TPSA) is 89.3 Å². The Morgan fingerprint density at radius 1 is 1.50 bits per heavy atom. The lowest BCUT2D eigenvalue weighted by Crippen LogP contribution is -2.36. The second-order valence-electron chi connectivity index (χ2n) is 3.86. The van der Waals surface area contributed by atoms with Crippen LogP contribution in [0.15, 0.2) is 0 Å². The van der Waals surface area contributed by atoms with Crippen molar-refractivity contribution in [3.63, 3.8) is 0 Å². The minimum Gasteiger partial charge on any atom is -0.352 e. The van der Waals surface area contributed by atoms with Crippen molar-refractivity contribution in [2.75, 3.05) is 29.6 Å². The Kier molecular flexibility index (Phi) is 5.57. The first-order valence-corrected chi connectivity index (χ1v) is 8.29. The first kappa shape index (κ1) is 13.8. The third-order valence-electron chi connectivity index (χ3n) is 2.32. The van der Waals surface area contributed by atoms with E-state index in [1.165, 1.54) is 11.8 Å². The van der Waals surface area contributed by atoms with Crippen molar-refractivity contribution in [2.24, 2.45) is 5.73 Å². The highest BCUT2D eigenvalue weighted by Gasteiger charge is 2.28. The fourth-order valence-electron chi connectivity index (χ4n) is 1.53. The number of rotatable bonds is 6. The minimum absolute atomic E-state index is 0.0795. The molecule has 1 aliphatic heterocycles. The van der Waals surface area contributed by atoms with E-state index >= 15 is 0 Å². The molecule has 0 saturated carbocycles. The Bertz CT molecular complexity index is 330. The molecular weight excluding hydrogens is 248 g/mol. The van der Waals surface area contributed by atoms with Gasteiger partial charge in [-0.15, -0.1) is 0 Å².